The Bertz CT molecular complexity index is 1070. The van der Waals surface area contributed by atoms with Gasteiger partial charge in [0, 0.05) is 25.2 Å². The molecule has 0 spiro atoms. The van der Waals surface area contributed by atoms with Crippen LogP contribution < -0.4 is 10.6 Å². The van der Waals surface area contributed by atoms with Crippen molar-refractivity contribution in [2.45, 2.75) is 31.2 Å². The van der Waals surface area contributed by atoms with E-state index in [0.717, 1.165) is 10.4 Å². The number of nitrogens with one attached hydrogen (secondary N) is 2. The number of carbonyl (C=O) groups is 2. The largest absolute Gasteiger partial charge is 0.351 e. The lowest BCUT2D eigenvalue weighted by molar-refractivity contribution is -0.121. The molecule has 1 aliphatic heterocycles. The van der Waals surface area contributed by atoms with E-state index in [1.165, 1.54) is 30.3 Å². The van der Waals surface area contributed by atoms with E-state index in [4.69, 9.17) is 0 Å². The number of amides is 2. The first-order chi connectivity index (χ1) is 14.2. The molecule has 1 heterocycles. The van der Waals surface area contributed by atoms with Crippen LogP contribution in [-0.2, 0) is 32.6 Å². The van der Waals surface area contributed by atoms with Crippen LogP contribution in [0.25, 0.3) is 0 Å². The number of nitrogens with zero attached hydrogens (tertiary/aromatic N) is 1. The van der Waals surface area contributed by atoms with Gasteiger partial charge in [0.1, 0.15) is 16.5 Å². The number of aryl methyl sites for hydroxylation is 1. The summed E-state index contributed by atoms with van der Waals surface area (Å²) < 4.78 is 54.3. The molecular weight excluding hydrogens is 416 g/mol. The summed E-state index contributed by atoms with van der Waals surface area (Å²) in [6.07, 6.45) is 0.482. The topological polar surface area (TPSA) is 95.6 Å². The Hall–Kier alpha value is -2.85. The molecule has 3 rings (SSSR count). The SMILES string of the molecule is CCN(CC(=O)NCc1ccc(F)cc1)S(=O)(=O)c1cc2c(cc1F)NC(=O)CC2. The van der Waals surface area contributed by atoms with Gasteiger partial charge in [-0.25, -0.2) is 17.2 Å². The fourth-order valence-corrected chi connectivity index (χ4v) is 4.60. The number of hydrogen-bond acceptors (Lipinski definition) is 4. The summed E-state index contributed by atoms with van der Waals surface area (Å²) in [4.78, 5) is 23.2. The molecule has 0 saturated heterocycles. The number of rotatable bonds is 7. The second-order valence-corrected chi connectivity index (χ2v) is 8.73. The van der Waals surface area contributed by atoms with E-state index in [-0.39, 0.29) is 31.1 Å². The molecular formula is C20H21F2N3O4S. The van der Waals surface area contributed by atoms with E-state index in [1.807, 2.05) is 0 Å². The molecule has 1 aliphatic rings. The van der Waals surface area contributed by atoms with E-state index in [1.54, 1.807) is 6.92 Å². The van der Waals surface area contributed by atoms with E-state index >= 15 is 0 Å². The average molecular weight is 437 g/mol. The molecule has 0 aliphatic carbocycles. The molecule has 30 heavy (non-hydrogen) atoms. The van der Waals surface area contributed by atoms with Crippen molar-refractivity contribution >= 4 is 27.5 Å². The second kappa shape index (κ2) is 8.88. The Morgan fingerprint density at radius 3 is 2.53 bits per heavy atom. The number of benzene rings is 2. The predicted octanol–water partition coefficient (Wildman–Crippen LogP) is 2.18. The smallest absolute Gasteiger partial charge is 0.246 e. The minimum absolute atomic E-state index is 0.0421. The Morgan fingerprint density at radius 1 is 1.17 bits per heavy atom. The van der Waals surface area contributed by atoms with Crippen LogP contribution in [0.3, 0.4) is 0 Å². The quantitative estimate of drug-likeness (QED) is 0.694. The summed E-state index contributed by atoms with van der Waals surface area (Å²) in [5.74, 6) is -2.23. The first-order valence-electron chi connectivity index (χ1n) is 9.34. The molecule has 0 radical (unpaired) electrons. The van der Waals surface area contributed by atoms with Crippen LogP contribution in [0.2, 0.25) is 0 Å². The lowest BCUT2D eigenvalue weighted by atomic mass is 10.0. The molecule has 0 saturated carbocycles. The van der Waals surface area contributed by atoms with Gasteiger partial charge < -0.3 is 10.6 Å². The standard InChI is InChI=1S/C20H21F2N3O4S/c1-2-25(12-20(27)23-11-13-3-6-15(21)7-4-13)30(28,29)18-9-14-5-8-19(26)24-17(14)10-16(18)22/h3-4,6-7,9-10H,2,5,8,11-12H2,1H3,(H,23,27)(H,24,26). The van der Waals surface area contributed by atoms with Gasteiger partial charge in [-0.15, -0.1) is 0 Å². The number of fused-ring (bicyclic) bond motifs is 1. The van der Waals surface area contributed by atoms with Crippen molar-refractivity contribution in [3.05, 3.63) is 59.2 Å². The van der Waals surface area contributed by atoms with Crippen LogP contribution in [0.1, 0.15) is 24.5 Å². The zero-order valence-corrected chi connectivity index (χ0v) is 17.1. The Labute approximate surface area is 173 Å². The summed E-state index contributed by atoms with van der Waals surface area (Å²) in [5.41, 5.74) is 1.42. The van der Waals surface area contributed by atoms with Gasteiger partial charge in [-0.2, -0.15) is 4.31 Å². The van der Waals surface area contributed by atoms with Gasteiger partial charge >= 0.3 is 0 Å². The van der Waals surface area contributed by atoms with Crippen molar-refractivity contribution in [3.8, 4) is 0 Å². The number of anilines is 1. The highest BCUT2D eigenvalue weighted by molar-refractivity contribution is 7.89. The Balaban J connectivity index is 1.74. The fourth-order valence-electron chi connectivity index (χ4n) is 3.10. The molecule has 2 aromatic rings. The molecule has 2 N–H and O–H groups in total. The summed E-state index contributed by atoms with van der Waals surface area (Å²) >= 11 is 0. The second-order valence-electron chi connectivity index (χ2n) is 6.82. The van der Waals surface area contributed by atoms with E-state index in [9.17, 15) is 26.8 Å². The number of likely N-dealkylation sites (N-methyl/N-ethyl adjacent to an activating group) is 1. The van der Waals surface area contributed by atoms with Gasteiger partial charge in [-0.05, 0) is 41.8 Å². The molecule has 2 aromatic carbocycles. The number of carbonyl (C=O) groups excluding carboxylic acids is 2. The highest BCUT2D eigenvalue weighted by Gasteiger charge is 2.30. The lowest BCUT2D eigenvalue weighted by Gasteiger charge is -2.23. The summed E-state index contributed by atoms with van der Waals surface area (Å²) in [6, 6.07) is 7.72. The average Bonchev–Trinajstić information content (AvgIpc) is 2.70. The van der Waals surface area contributed by atoms with Crippen LogP contribution in [-0.4, -0.2) is 37.6 Å². The first-order valence-corrected chi connectivity index (χ1v) is 10.8. The van der Waals surface area contributed by atoms with Gasteiger partial charge in [-0.1, -0.05) is 19.1 Å². The third-order valence-corrected chi connectivity index (χ3v) is 6.68. The molecule has 0 fully saturated rings. The van der Waals surface area contributed by atoms with Crippen LogP contribution in [0, 0.1) is 11.6 Å². The van der Waals surface area contributed by atoms with Crippen LogP contribution in [0.4, 0.5) is 14.5 Å². The highest BCUT2D eigenvalue weighted by Crippen LogP contribution is 2.29. The molecule has 2 amide bonds. The molecule has 0 atom stereocenters. The Morgan fingerprint density at radius 2 is 1.87 bits per heavy atom. The van der Waals surface area contributed by atoms with Gasteiger partial charge in [0.25, 0.3) is 0 Å². The van der Waals surface area contributed by atoms with Crippen molar-refractivity contribution in [2.24, 2.45) is 0 Å². The Kier molecular flexibility index (Phi) is 6.47. The maximum Gasteiger partial charge on any atom is 0.246 e. The van der Waals surface area contributed by atoms with Gasteiger partial charge in [-0.3, -0.25) is 9.59 Å². The number of sulfonamides is 1. The third-order valence-electron chi connectivity index (χ3n) is 4.75. The van der Waals surface area contributed by atoms with Crippen LogP contribution >= 0.6 is 0 Å². The lowest BCUT2D eigenvalue weighted by Crippen LogP contribution is -2.40. The summed E-state index contributed by atoms with van der Waals surface area (Å²) in [6.45, 7) is 1.11. The zero-order chi connectivity index (χ0) is 21.9. The zero-order valence-electron chi connectivity index (χ0n) is 16.2. The molecule has 160 valence electrons. The van der Waals surface area contributed by atoms with Crippen molar-refractivity contribution < 1.29 is 26.8 Å². The van der Waals surface area contributed by atoms with Crippen molar-refractivity contribution in [1.29, 1.82) is 0 Å². The van der Waals surface area contributed by atoms with Gasteiger partial charge in [0.2, 0.25) is 21.8 Å². The van der Waals surface area contributed by atoms with E-state index < -0.39 is 39.0 Å². The number of halogens is 2. The molecule has 7 nitrogen and oxygen atoms in total. The predicted molar refractivity (Wildman–Crippen MR) is 106 cm³/mol. The van der Waals surface area contributed by atoms with Crippen LogP contribution in [0.15, 0.2) is 41.3 Å². The van der Waals surface area contributed by atoms with E-state index in [0.29, 0.717) is 17.5 Å². The maximum atomic E-state index is 14.5. The fraction of sp³-hybridized carbons (Fsp3) is 0.300. The highest BCUT2D eigenvalue weighted by atomic mass is 32.2. The maximum absolute atomic E-state index is 14.5. The molecule has 0 bridgehead atoms. The monoisotopic (exact) mass is 437 g/mol. The van der Waals surface area contributed by atoms with Gasteiger partial charge in [0.15, 0.2) is 0 Å². The normalized spacial score (nSPS) is 13.7. The van der Waals surface area contributed by atoms with Crippen molar-refractivity contribution in [1.82, 2.24) is 9.62 Å². The van der Waals surface area contributed by atoms with Gasteiger partial charge in [0.05, 0.1) is 6.54 Å². The molecule has 10 heteroatoms. The van der Waals surface area contributed by atoms with Crippen molar-refractivity contribution in [3.63, 3.8) is 0 Å². The minimum atomic E-state index is -4.28. The number of hydrogen-bond donors (Lipinski definition) is 2. The molecule has 0 unspecified atom stereocenters. The minimum Gasteiger partial charge on any atom is -0.351 e. The third kappa shape index (κ3) is 4.82. The van der Waals surface area contributed by atoms with Crippen LogP contribution in [0.5, 0.6) is 0 Å². The summed E-state index contributed by atoms with van der Waals surface area (Å²) in [5, 5.41) is 5.08. The molecule has 0 aromatic heterocycles. The summed E-state index contributed by atoms with van der Waals surface area (Å²) in [7, 11) is -4.28. The first kappa shape index (κ1) is 21.8. The van der Waals surface area contributed by atoms with Crippen molar-refractivity contribution in [2.75, 3.05) is 18.4 Å². The van der Waals surface area contributed by atoms with E-state index in [2.05, 4.69) is 10.6 Å².